The Balaban J connectivity index is 2.06. The molecule has 6 heteroatoms. The third-order valence-corrected chi connectivity index (χ3v) is 3.65. The summed E-state index contributed by atoms with van der Waals surface area (Å²) in [5, 5.41) is 2.52. The molecule has 2 aromatic rings. The van der Waals surface area contributed by atoms with E-state index >= 15 is 0 Å². The molecule has 0 bridgehead atoms. The van der Waals surface area contributed by atoms with Gasteiger partial charge in [0.15, 0.2) is 0 Å². The number of carbonyl (C=O) groups is 2. The van der Waals surface area contributed by atoms with Crippen LogP contribution >= 0.6 is 0 Å². The first kappa shape index (κ1) is 17.6. The summed E-state index contributed by atoms with van der Waals surface area (Å²) in [6.45, 7) is 1.89. The average molecular weight is 332 g/mol. The molecule has 4 nitrogen and oxygen atoms in total. The van der Waals surface area contributed by atoms with Gasteiger partial charge >= 0.3 is 0 Å². The van der Waals surface area contributed by atoms with Crippen molar-refractivity contribution < 1.29 is 18.4 Å². The molecule has 0 aliphatic rings. The molecule has 2 aromatic carbocycles. The Morgan fingerprint density at radius 1 is 1.12 bits per heavy atom. The molecule has 2 rings (SSSR count). The van der Waals surface area contributed by atoms with Gasteiger partial charge in [0, 0.05) is 12.5 Å². The number of nitrogens with one attached hydrogen (secondary N) is 1. The summed E-state index contributed by atoms with van der Waals surface area (Å²) in [7, 11) is 0. The molecule has 0 unspecified atom stereocenters. The number of hydrogen-bond acceptors (Lipinski definition) is 2. The lowest BCUT2D eigenvalue weighted by Gasteiger charge is -2.17. The maximum Gasteiger partial charge on any atom is 0.240 e. The van der Waals surface area contributed by atoms with Crippen molar-refractivity contribution in [3.8, 4) is 0 Å². The van der Waals surface area contributed by atoms with Crippen LogP contribution in [-0.2, 0) is 22.4 Å². The van der Waals surface area contributed by atoms with E-state index < -0.39 is 29.5 Å². The van der Waals surface area contributed by atoms with Gasteiger partial charge < -0.3 is 11.1 Å². The predicted octanol–water partition coefficient (Wildman–Crippen LogP) is 2.03. The van der Waals surface area contributed by atoms with E-state index in [1.54, 1.807) is 0 Å². The Labute approximate surface area is 138 Å². The van der Waals surface area contributed by atoms with Crippen LogP contribution in [0.1, 0.15) is 16.7 Å². The van der Waals surface area contributed by atoms with Crippen LogP contribution < -0.4 is 11.1 Å². The van der Waals surface area contributed by atoms with E-state index in [1.165, 1.54) is 0 Å². The maximum absolute atomic E-state index is 13.2. The number of primary amides is 1. The predicted molar refractivity (Wildman–Crippen MR) is 86.1 cm³/mol. The van der Waals surface area contributed by atoms with Crippen LogP contribution in [0.5, 0.6) is 0 Å². The quantitative estimate of drug-likeness (QED) is 0.849. The number of halogens is 2. The second kappa shape index (κ2) is 7.68. The van der Waals surface area contributed by atoms with Crippen molar-refractivity contribution in [3.63, 3.8) is 0 Å². The summed E-state index contributed by atoms with van der Waals surface area (Å²) in [6, 6.07) is 9.42. The minimum Gasteiger partial charge on any atom is -0.368 e. The van der Waals surface area contributed by atoms with Gasteiger partial charge in [-0.3, -0.25) is 9.59 Å². The minimum absolute atomic E-state index is 0.184. The summed E-state index contributed by atoms with van der Waals surface area (Å²) < 4.78 is 26.3. The van der Waals surface area contributed by atoms with E-state index in [4.69, 9.17) is 5.73 Å². The maximum atomic E-state index is 13.2. The first-order valence-electron chi connectivity index (χ1n) is 7.43. The van der Waals surface area contributed by atoms with Crippen LogP contribution in [0.3, 0.4) is 0 Å². The number of nitrogens with two attached hydrogens (primary N) is 1. The van der Waals surface area contributed by atoms with Gasteiger partial charge in [0.1, 0.15) is 17.7 Å². The smallest absolute Gasteiger partial charge is 0.240 e. The topological polar surface area (TPSA) is 72.2 Å². The fourth-order valence-electron chi connectivity index (χ4n) is 2.43. The van der Waals surface area contributed by atoms with Crippen molar-refractivity contribution >= 4 is 11.8 Å². The van der Waals surface area contributed by atoms with Crippen LogP contribution in [0, 0.1) is 18.6 Å². The summed E-state index contributed by atoms with van der Waals surface area (Å²) in [5.74, 6) is -2.72. The minimum atomic E-state index is -0.892. The van der Waals surface area contributed by atoms with Crippen molar-refractivity contribution in [1.82, 2.24) is 5.32 Å². The molecule has 0 heterocycles. The molecule has 3 N–H and O–H groups in total. The zero-order valence-corrected chi connectivity index (χ0v) is 13.2. The first-order chi connectivity index (χ1) is 11.3. The van der Waals surface area contributed by atoms with E-state index in [0.717, 1.165) is 29.3 Å². The molecule has 0 fully saturated rings. The summed E-state index contributed by atoms with van der Waals surface area (Å²) >= 11 is 0. The molecule has 1 atom stereocenters. The second-order valence-corrected chi connectivity index (χ2v) is 5.61. The summed E-state index contributed by atoms with van der Waals surface area (Å²) in [4.78, 5) is 23.7. The molecule has 24 heavy (non-hydrogen) atoms. The third kappa shape index (κ3) is 4.87. The zero-order chi connectivity index (χ0) is 17.7. The van der Waals surface area contributed by atoms with Gasteiger partial charge in [-0.05, 0) is 35.7 Å². The third-order valence-electron chi connectivity index (χ3n) is 3.65. The summed E-state index contributed by atoms with van der Waals surface area (Å²) in [5.41, 5.74) is 7.40. The molecule has 0 aliphatic heterocycles. The number of rotatable bonds is 6. The van der Waals surface area contributed by atoms with Gasteiger partial charge in [-0.25, -0.2) is 8.78 Å². The molecule has 0 spiro atoms. The first-order valence-corrected chi connectivity index (χ1v) is 7.43. The van der Waals surface area contributed by atoms with Crippen molar-refractivity contribution in [2.24, 2.45) is 5.73 Å². The van der Waals surface area contributed by atoms with Crippen LogP contribution in [0.4, 0.5) is 8.78 Å². The standard InChI is InChI=1S/C18H18F2N2O2/c1-11-4-2-3-5-13(11)9-16(18(21)24)22-17(23)8-12-6-14(19)10-15(20)7-12/h2-7,10,16H,8-9H2,1H3,(H2,21,24)(H,22,23)/t16-/m1/s1. The number of benzene rings is 2. The highest BCUT2D eigenvalue weighted by molar-refractivity contribution is 5.87. The zero-order valence-electron chi connectivity index (χ0n) is 13.2. The highest BCUT2D eigenvalue weighted by Gasteiger charge is 2.19. The van der Waals surface area contributed by atoms with Crippen molar-refractivity contribution in [1.29, 1.82) is 0 Å². The normalized spacial score (nSPS) is 11.8. The molecule has 2 amide bonds. The Morgan fingerprint density at radius 2 is 1.75 bits per heavy atom. The van der Waals surface area contributed by atoms with Crippen molar-refractivity contribution in [2.45, 2.75) is 25.8 Å². The fourth-order valence-corrected chi connectivity index (χ4v) is 2.43. The van der Waals surface area contributed by atoms with Crippen molar-refractivity contribution in [3.05, 3.63) is 70.8 Å². The highest BCUT2D eigenvalue weighted by atomic mass is 19.1. The lowest BCUT2D eigenvalue weighted by atomic mass is 10.0. The van der Waals surface area contributed by atoms with Crippen LogP contribution in [0.15, 0.2) is 42.5 Å². The lowest BCUT2D eigenvalue weighted by molar-refractivity contribution is -0.127. The van der Waals surface area contributed by atoms with Crippen LogP contribution in [-0.4, -0.2) is 17.9 Å². The number of hydrogen-bond donors (Lipinski definition) is 2. The Bertz CT molecular complexity index is 742. The molecule has 0 aromatic heterocycles. The van der Waals surface area contributed by atoms with E-state index in [0.29, 0.717) is 0 Å². The van der Waals surface area contributed by atoms with E-state index in [2.05, 4.69) is 5.32 Å². The van der Waals surface area contributed by atoms with E-state index in [1.807, 2.05) is 31.2 Å². The number of amides is 2. The van der Waals surface area contributed by atoms with E-state index in [-0.39, 0.29) is 18.4 Å². The Kier molecular flexibility index (Phi) is 5.63. The van der Waals surface area contributed by atoms with Gasteiger partial charge in [-0.15, -0.1) is 0 Å². The van der Waals surface area contributed by atoms with Crippen LogP contribution in [0.25, 0.3) is 0 Å². The Morgan fingerprint density at radius 3 is 2.33 bits per heavy atom. The molecule has 126 valence electrons. The van der Waals surface area contributed by atoms with Gasteiger partial charge in [0.25, 0.3) is 0 Å². The van der Waals surface area contributed by atoms with E-state index in [9.17, 15) is 18.4 Å². The summed E-state index contributed by atoms with van der Waals surface area (Å²) in [6.07, 6.45) is 0.0114. The van der Waals surface area contributed by atoms with Gasteiger partial charge in [0.2, 0.25) is 11.8 Å². The fraction of sp³-hybridized carbons (Fsp3) is 0.222. The molecule has 0 saturated heterocycles. The SMILES string of the molecule is Cc1ccccc1C[C@@H](NC(=O)Cc1cc(F)cc(F)c1)C(N)=O. The molecule has 0 saturated carbocycles. The largest absolute Gasteiger partial charge is 0.368 e. The van der Waals surface area contributed by atoms with Gasteiger partial charge in [-0.1, -0.05) is 24.3 Å². The van der Waals surface area contributed by atoms with Crippen molar-refractivity contribution in [2.75, 3.05) is 0 Å². The van der Waals surface area contributed by atoms with Gasteiger partial charge in [-0.2, -0.15) is 0 Å². The molecular weight excluding hydrogens is 314 g/mol. The lowest BCUT2D eigenvalue weighted by Crippen LogP contribution is -2.46. The van der Waals surface area contributed by atoms with Gasteiger partial charge in [0.05, 0.1) is 6.42 Å². The number of carbonyl (C=O) groups excluding carboxylic acids is 2. The second-order valence-electron chi connectivity index (χ2n) is 5.61. The average Bonchev–Trinajstić information content (AvgIpc) is 2.47. The monoisotopic (exact) mass is 332 g/mol. The molecule has 0 radical (unpaired) electrons. The molecule has 0 aliphatic carbocycles. The highest BCUT2D eigenvalue weighted by Crippen LogP contribution is 2.11. The molecular formula is C18H18F2N2O2. The Hall–Kier alpha value is -2.76. The van der Waals surface area contributed by atoms with Crippen LogP contribution in [0.2, 0.25) is 0 Å². The number of aryl methyl sites for hydroxylation is 1.